The average Bonchev–Trinajstić information content (AvgIpc) is 3.05. The minimum absolute atomic E-state index is 0.0287. The van der Waals surface area contributed by atoms with Gasteiger partial charge in [-0.2, -0.15) is 4.52 Å². The predicted molar refractivity (Wildman–Crippen MR) is 105 cm³/mol. The number of carbonyl (C=O) groups is 2. The first-order chi connectivity index (χ1) is 13.9. The lowest BCUT2D eigenvalue weighted by atomic mass is 10.1. The minimum Gasteiger partial charge on any atom is -0.478 e. The Morgan fingerprint density at radius 3 is 2.31 bits per heavy atom. The Labute approximate surface area is 162 Å². The van der Waals surface area contributed by atoms with E-state index < -0.39 is 23.0 Å². The molecule has 9 nitrogen and oxygen atoms in total. The smallest absolute Gasteiger partial charge is 0.335 e. The maximum Gasteiger partial charge on any atom is 0.335 e. The van der Waals surface area contributed by atoms with Gasteiger partial charge in [0.15, 0.2) is 5.65 Å². The van der Waals surface area contributed by atoms with Crippen LogP contribution in [0.1, 0.15) is 20.7 Å². The van der Waals surface area contributed by atoms with Crippen LogP contribution in [0, 0.1) is 0 Å². The molecule has 144 valence electrons. The van der Waals surface area contributed by atoms with Crippen LogP contribution in [0.2, 0.25) is 0 Å². The van der Waals surface area contributed by atoms with Crippen molar-refractivity contribution in [2.75, 3.05) is 5.32 Å². The summed E-state index contributed by atoms with van der Waals surface area (Å²) in [6.07, 6.45) is 0. The number of nitrogens with zero attached hydrogens (tertiary/aromatic N) is 1. The highest BCUT2D eigenvalue weighted by Crippen LogP contribution is 2.17. The second-order valence-corrected chi connectivity index (χ2v) is 6.22. The molecule has 4 rings (SSSR count). The number of carboxylic acid groups (broad SMARTS) is 1. The van der Waals surface area contributed by atoms with Gasteiger partial charge in [0.1, 0.15) is 5.56 Å². The van der Waals surface area contributed by atoms with Gasteiger partial charge in [-0.25, -0.2) is 4.79 Å². The van der Waals surface area contributed by atoms with Gasteiger partial charge in [0.2, 0.25) is 0 Å². The fourth-order valence-corrected chi connectivity index (χ4v) is 2.94. The van der Waals surface area contributed by atoms with E-state index in [2.05, 4.69) is 15.4 Å². The van der Waals surface area contributed by atoms with Crippen molar-refractivity contribution in [1.29, 1.82) is 0 Å². The van der Waals surface area contributed by atoms with E-state index >= 15 is 0 Å². The number of carboxylic acids is 1. The van der Waals surface area contributed by atoms with Crippen LogP contribution in [0.25, 0.3) is 16.9 Å². The van der Waals surface area contributed by atoms with Crippen LogP contribution in [-0.4, -0.2) is 31.6 Å². The maximum absolute atomic E-state index is 12.7. The number of H-pyrrole nitrogens is 2. The van der Waals surface area contributed by atoms with Gasteiger partial charge in [-0.15, -0.1) is 0 Å². The third-order valence-corrected chi connectivity index (χ3v) is 4.34. The number of carbonyl (C=O) groups excluding carboxylic acids is 1. The number of aromatic amines is 2. The van der Waals surface area contributed by atoms with E-state index in [1.165, 1.54) is 30.3 Å². The van der Waals surface area contributed by atoms with Crippen molar-refractivity contribution >= 4 is 23.2 Å². The van der Waals surface area contributed by atoms with E-state index in [0.717, 1.165) is 10.1 Å². The molecular weight excluding hydrogens is 376 g/mol. The van der Waals surface area contributed by atoms with Gasteiger partial charge in [-0.3, -0.25) is 19.5 Å². The second-order valence-electron chi connectivity index (χ2n) is 6.22. The van der Waals surface area contributed by atoms with Crippen molar-refractivity contribution in [1.82, 2.24) is 14.6 Å². The van der Waals surface area contributed by atoms with Crippen LogP contribution in [0.15, 0.2) is 70.3 Å². The second kappa shape index (κ2) is 6.97. The number of rotatable bonds is 4. The highest BCUT2D eigenvalue weighted by molar-refractivity contribution is 6.08. The molecular formula is C20H14N4O5. The predicted octanol–water partition coefficient (Wildman–Crippen LogP) is 1.93. The summed E-state index contributed by atoms with van der Waals surface area (Å²) in [5, 5.41) is 13.8. The van der Waals surface area contributed by atoms with Gasteiger partial charge in [-0.1, -0.05) is 30.3 Å². The van der Waals surface area contributed by atoms with Crippen molar-refractivity contribution in [3.05, 3.63) is 92.5 Å². The Bertz CT molecular complexity index is 1350. The quantitative estimate of drug-likeness (QED) is 0.422. The van der Waals surface area contributed by atoms with Crippen molar-refractivity contribution in [3.8, 4) is 11.3 Å². The Kier molecular flexibility index (Phi) is 4.32. The fraction of sp³-hybridized carbons (Fsp3) is 0. The summed E-state index contributed by atoms with van der Waals surface area (Å²) in [6.45, 7) is 0. The first-order valence-electron chi connectivity index (χ1n) is 8.52. The van der Waals surface area contributed by atoms with Crippen LogP contribution >= 0.6 is 0 Å². The molecule has 0 spiro atoms. The first-order valence-corrected chi connectivity index (χ1v) is 8.52. The van der Waals surface area contributed by atoms with Crippen molar-refractivity contribution in [2.45, 2.75) is 0 Å². The average molecular weight is 390 g/mol. The van der Waals surface area contributed by atoms with Crippen molar-refractivity contribution < 1.29 is 14.7 Å². The number of aromatic carboxylic acids is 1. The molecule has 29 heavy (non-hydrogen) atoms. The molecule has 2 aromatic heterocycles. The highest BCUT2D eigenvalue weighted by atomic mass is 16.4. The monoisotopic (exact) mass is 390 g/mol. The molecule has 0 fully saturated rings. The summed E-state index contributed by atoms with van der Waals surface area (Å²) in [5.41, 5.74) is 0.0733. The zero-order chi connectivity index (χ0) is 20.5. The Morgan fingerprint density at radius 2 is 1.66 bits per heavy atom. The van der Waals surface area contributed by atoms with Crippen molar-refractivity contribution in [2.24, 2.45) is 0 Å². The molecule has 0 unspecified atom stereocenters. The minimum atomic E-state index is -1.09. The molecule has 0 bridgehead atoms. The first kappa shape index (κ1) is 18.0. The standard InChI is InChI=1S/C20H14N4O5/c25-15-10-14(11-4-2-1-3-5-11)22-17-16(19(27)23-24(15)17)18(26)21-13-8-6-12(7-9-13)20(28)29/h1-10,22H,(H,21,26)(H,23,27)(H,28,29). The Balaban J connectivity index is 1.76. The molecule has 1 amide bonds. The third-order valence-electron chi connectivity index (χ3n) is 4.34. The molecule has 9 heteroatoms. The SMILES string of the molecule is O=C(O)c1ccc(NC(=O)c2c(=O)[nH]n3c(=O)cc(-c4ccccc4)[nH]c23)cc1. The number of hydrogen-bond donors (Lipinski definition) is 4. The number of aromatic nitrogens is 3. The van der Waals surface area contributed by atoms with Gasteiger partial charge >= 0.3 is 5.97 Å². The van der Waals surface area contributed by atoms with E-state index in [9.17, 15) is 19.2 Å². The fourth-order valence-electron chi connectivity index (χ4n) is 2.94. The van der Waals surface area contributed by atoms with Crippen LogP contribution in [0.4, 0.5) is 5.69 Å². The number of nitrogens with one attached hydrogen (secondary N) is 3. The summed E-state index contributed by atoms with van der Waals surface area (Å²) < 4.78 is 0.969. The van der Waals surface area contributed by atoms with Gasteiger partial charge in [0.25, 0.3) is 17.0 Å². The van der Waals surface area contributed by atoms with Crippen molar-refractivity contribution in [3.63, 3.8) is 0 Å². The molecule has 0 aliphatic heterocycles. The maximum atomic E-state index is 12.7. The van der Waals surface area contributed by atoms with E-state index in [-0.39, 0.29) is 16.8 Å². The molecule has 2 aromatic carbocycles. The van der Waals surface area contributed by atoms with E-state index in [0.29, 0.717) is 11.4 Å². The van der Waals surface area contributed by atoms with E-state index in [1.807, 2.05) is 6.07 Å². The Hall–Kier alpha value is -4.40. The van der Waals surface area contributed by atoms with Gasteiger partial charge in [0, 0.05) is 11.8 Å². The summed E-state index contributed by atoms with van der Waals surface area (Å²) in [5.74, 6) is -1.83. The lowest BCUT2D eigenvalue weighted by Gasteiger charge is -2.06. The normalized spacial score (nSPS) is 10.8. The van der Waals surface area contributed by atoms with E-state index in [1.54, 1.807) is 24.3 Å². The molecule has 4 N–H and O–H groups in total. The molecule has 0 atom stereocenters. The number of benzene rings is 2. The van der Waals surface area contributed by atoms with E-state index in [4.69, 9.17) is 5.11 Å². The third kappa shape index (κ3) is 3.32. The number of fused-ring (bicyclic) bond motifs is 1. The number of hydrogen-bond acceptors (Lipinski definition) is 4. The summed E-state index contributed by atoms with van der Waals surface area (Å²) >= 11 is 0. The lowest BCUT2D eigenvalue weighted by Crippen LogP contribution is -2.20. The molecule has 0 saturated carbocycles. The Morgan fingerprint density at radius 1 is 0.966 bits per heavy atom. The van der Waals surface area contributed by atoms with Crippen LogP contribution in [-0.2, 0) is 0 Å². The zero-order valence-corrected chi connectivity index (χ0v) is 14.8. The van der Waals surface area contributed by atoms with Crippen LogP contribution in [0.3, 0.4) is 0 Å². The van der Waals surface area contributed by atoms with Gasteiger partial charge in [0.05, 0.1) is 11.3 Å². The largest absolute Gasteiger partial charge is 0.478 e. The lowest BCUT2D eigenvalue weighted by molar-refractivity contribution is 0.0696. The summed E-state index contributed by atoms with van der Waals surface area (Å²) in [7, 11) is 0. The number of anilines is 1. The molecule has 0 radical (unpaired) electrons. The molecule has 0 aliphatic carbocycles. The zero-order valence-electron chi connectivity index (χ0n) is 14.8. The van der Waals surface area contributed by atoms with Crippen LogP contribution < -0.4 is 16.4 Å². The number of amides is 1. The molecule has 2 heterocycles. The van der Waals surface area contributed by atoms with Crippen LogP contribution in [0.5, 0.6) is 0 Å². The highest BCUT2D eigenvalue weighted by Gasteiger charge is 2.20. The summed E-state index contributed by atoms with van der Waals surface area (Å²) in [6, 6.07) is 15.8. The molecule has 4 aromatic rings. The molecule has 0 saturated heterocycles. The van der Waals surface area contributed by atoms with Gasteiger partial charge < -0.3 is 15.4 Å². The molecule has 0 aliphatic rings. The topological polar surface area (TPSA) is 137 Å². The summed E-state index contributed by atoms with van der Waals surface area (Å²) in [4.78, 5) is 51.3. The van der Waals surface area contributed by atoms with Gasteiger partial charge in [-0.05, 0) is 29.8 Å².